The SMILES string of the molecule is C=C(/C=C\C)C(=NCOC)c1cc(C)ccc1CCO. The molecule has 0 unspecified atom stereocenters. The highest BCUT2D eigenvalue weighted by atomic mass is 16.5. The highest BCUT2D eigenvalue weighted by Gasteiger charge is 2.11. The number of aryl methyl sites for hydroxylation is 1. The maximum absolute atomic E-state index is 9.21. The Morgan fingerprint density at radius 3 is 2.80 bits per heavy atom. The van der Waals surface area contributed by atoms with Gasteiger partial charge >= 0.3 is 0 Å². The van der Waals surface area contributed by atoms with Crippen LogP contribution < -0.4 is 0 Å². The van der Waals surface area contributed by atoms with E-state index in [4.69, 9.17) is 4.74 Å². The van der Waals surface area contributed by atoms with Crippen LogP contribution in [0.4, 0.5) is 0 Å². The van der Waals surface area contributed by atoms with E-state index in [9.17, 15) is 5.11 Å². The van der Waals surface area contributed by atoms with Gasteiger partial charge in [-0.2, -0.15) is 0 Å². The maximum atomic E-state index is 9.21. The zero-order valence-electron chi connectivity index (χ0n) is 12.5. The molecule has 3 nitrogen and oxygen atoms in total. The molecule has 1 rings (SSSR count). The monoisotopic (exact) mass is 273 g/mol. The van der Waals surface area contributed by atoms with E-state index in [0.29, 0.717) is 13.2 Å². The van der Waals surface area contributed by atoms with E-state index >= 15 is 0 Å². The topological polar surface area (TPSA) is 41.8 Å². The molecule has 0 atom stereocenters. The lowest BCUT2D eigenvalue weighted by molar-refractivity contribution is 0.209. The number of aliphatic hydroxyl groups is 1. The third kappa shape index (κ3) is 4.44. The first kappa shape index (κ1) is 16.3. The van der Waals surface area contributed by atoms with Gasteiger partial charge in [-0.3, -0.25) is 4.99 Å². The summed E-state index contributed by atoms with van der Waals surface area (Å²) in [7, 11) is 1.62. The van der Waals surface area contributed by atoms with E-state index in [0.717, 1.165) is 28.0 Å². The summed E-state index contributed by atoms with van der Waals surface area (Å²) in [6.45, 7) is 8.46. The van der Waals surface area contributed by atoms with Crippen molar-refractivity contribution in [1.29, 1.82) is 0 Å². The van der Waals surface area contributed by atoms with Gasteiger partial charge in [0.1, 0.15) is 6.73 Å². The second-order valence-electron chi connectivity index (χ2n) is 4.58. The second kappa shape index (κ2) is 8.46. The predicted octanol–water partition coefficient (Wildman–Crippen LogP) is 3.06. The maximum Gasteiger partial charge on any atom is 0.137 e. The molecule has 0 aliphatic carbocycles. The van der Waals surface area contributed by atoms with Crippen molar-refractivity contribution in [2.24, 2.45) is 4.99 Å². The van der Waals surface area contributed by atoms with Crippen LogP contribution in [0.1, 0.15) is 23.6 Å². The summed E-state index contributed by atoms with van der Waals surface area (Å²) in [5.74, 6) is 0. The lowest BCUT2D eigenvalue weighted by Gasteiger charge is -2.13. The Morgan fingerprint density at radius 2 is 2.20 bits per heavy atom. The second-order valence-corrected chi connectivity index (χ2v) is 4.58. The van der Waals surface area contributed by atoms with Crippen molar-refractivity contribution >= 4 is 5.71 Å². The van der Waals surface area contributed by atoms with Crippen LogP contribution in [0.25, 0.3) is 0 Å². The normalized spacial score (nSPS) is 12.1. The standard InChI is InChI=1S/C17H23NO2/c1-5-6-14(3)17(18-12-20-4)16-11-13(2)7-8-15(16)9-10-19/h5-8,11,19H,3,9-10,12H2,1-2,4H3/b6-5-,18-17?. The molecular weight excluding hydrogens is 250 g/mol. The number of nitrogens with zero attached hydrogens (tertiary/aromatic N) is 1. The number of aliphatic hydroxyl groups excluding tert-OH is 1. The molecule has 0 heterocycles. The third-order valence-electron chi connectivity index (χ3n) is 2.93. The first-order chi connectivity index (χ1) is 9.63. The summed E-state index contributed by atoms with van der Waals surface area (Å²) in [4.78, 5) is 4.48. The van der Waals surface area contributed by atoms with Crippen LogP contribution >= 0.6 is 0 Å². The van der Waals surface area contributed by atoms with Gasteiger partial charge in [-0.25, -0.2) is 0 Å². The number of allylic oxidation sites excluding steroid dienone is 3. The van der Waals surface area contributed by atoms with E-state index in [1.165, 1.54) is 0 Å². The molecular formula is C17H23NO2. The Labute approximate surface area is 121 Å². The fourth-order valence-corrected chi connectivity index (χ4v) is 2.02. The minimum Gasteiger partial charge on any atom is -0.396 e. The van der Waals surface area contributed by atoms with Gasteiger partial charge in [-0.1, -0.05) is 36.4 Å². The van der Waals surface area contributed by atoms with Crippen LogP contribution in [0.3, 0.4) is 0 Å². The smallest absolute Gasteiger partial charge is 0.137 e. The molecule has 0 aliphatic heterocycles. The van der Waals surface area contributed by atoms with Crippen molar-refractivity contribution in [3.8, 4) is 0 Å². The summed E-state index contributed by atoms with van der Waals surface area (Å²) in [6, 6.07) is 6.15. The predicted molar refractivity (Wildman–Crippen MR) is 84.3 cm³/mol. The largest absolute Gasteiger partial charge is 0.396 e. The molecule has 0 fully saturated rings. The molecule has 108 valence electrons. The van der Waals surface area contributed by atoms with E-state index in [1.807, 2.05) is 38.1 Å². The number of hydrogen-bond donors (Lipinski definition) is 1. The third-order valence-corrected chi connectivity index (χ3v) is 2.93. The van der Waals surface area contributed by atoms with Gasteiger partial charge in [0.15, 0.2) is 0 Å². The summed E-state index contributed by atoms with van der Waals surface area (Å²) in [5, 5.41) is 9.21. The molecule has 1 N–H and O–H groups in total. The molecule has 0 bridgehead atoms. The molecule has 0 saturated carbocycles. The van der Waals surface area contributed by atoms with Crippen molar-refractivity contribution in [2.45, 2.75) is 20.3 Å². The van der Waals surface area contributed by atoms with Gasteiger partial charge < -0.3 is 9.84 Å². The fraction of sp³-hybridized carbons (Fsp3) is 0.353. The van der Waals surface area contributed by atoms with Crippen LogP contribution in [0.15, 0.2) is 47.5 Å². The Bertz CT molecular complexity index is 516. The van der Waals surface area contributed by atoms with Crippen molar-refractivity contribution in [3.63, 3.8) is 0 Å². The van der Waals surface area contributed by atoms with Gasteiger partial charge in [0.2, 0.25) is 0 Å². The zero-order valence-corrected chi connectivity index (χ0v) is 12.5. The number of benzene rings is 1. The first-order valence-electron chi connectivity index (χ1n) is 6.70. The van der Waals surface area contributed by atoms with Crippen molar-refractivity contribution in [3.05, 3.63) is 59.2 Å². The van der Waals surface area contributed by atoms with E-state index in [1.54, 1.807) is 7.11 Å². The molecule has 0 aromatic heterocycles. The van der Waals surface area contributed by atoms with Crippen LogP contribution in [0, 0.1) is 6.92 Å². The lowest BCUT2D eigenvalue weighted by Crippen LogP contribution is -2.10. The molecule has 0 aliphatic rings. The highest BCUT2D eigenvalue weighted by molar-refractivity contribution is 6.14. The van der Waals surface area contributed by atoms with Crippen molar-refractivity contribution in [2.75, 3.05) is 20.4 Å². The van der Waals surface area contributed by atoms with Crippen LogP contribution in [0.5, 0.6) is 0 Å². The molecule has 0 spiro atoms. The average Bonchev–Trinajstić information content (AvgIpc) is 2.42. The number of aliphatic imine (C=N–C) groups is 1. The molecule has 0 radical (unpaired) electrons. The Hall–Kier alpha value is -1.71. The van der Waals surface area contributed by atoms with Crippen LogP contribution in [-0.4, -0.2) is 31.3 Å². The molecule has 3 heteroatoms. The van der Waals surface area contributed by atoms with Gasteiger partial charge in [0.05, 0.1) is 5.71 Å². The minimum atomic E-state index is 0.115. The van der Waals surface area contributed by atoms with Crippen molar-refractivity contribution in [1.82, 2.24) is 0 Å². The van der Waals surface area contributed by atoms with E-state index in [2.05, 4.69) is 17.6 Å². The number of methoxy groups -OCH3 is 1. The summed E-state index contributed by atoms with van der Waals surface area (Å²) in [6.07, 6.45) is 4.47. The number of ether oxygens (including phenoxy) is 1. The van der Waals surface area contributed by atoms with Gasteiger partial charge in [0.25, 0.3) is 0 Å². The minimum absolute atomic E-state index is 0.115. The number of hydrogen-bond acceptors (Lipinski definition) is 3. The molecule has 1 aromatic carbocycles. The van der Waals surface area contributed by atoms with Crippen LogP contribution in [-0.2, 0) is 11.2 Å². The molecule has 20 heavy (non-hydrogen) atoms. The summed E-state index contributed by atoms with van der Waals surface area (Å²) >= 11 is 0. The molecule has 0 saturated heterocycles. The first-order valence-corrected chi connectivity index (χ1v) is 6.70. The van der Waals surface area contributed by atoms with Gasteiger partial charge in [0, 0.05) is 19.3 Å². The Morgan fingerprint density at radius 1 is 1.45 bits per heavy atom. The average molecular weight is 273 g/mol. The summed E-state index contributed by atoms with van der Waals surface area (Å²) < 4.78 is 5.05. The van der Waals surface area contributed by atoms with E-state index < -0.39 is 0 Å². The molecule has 0 amide bonds. The number of rotatable bonds is 7. The van der Waals surface area contributed by atoms with E-state index in [-0.39, 0.29) is 6.61 Å². The van der Waals surface area contributed by atoms with Gasteiger partial charge in [-0.05, 0) is 37.5 Å². The lowest BCUT2D eigenvalue weighted by atomic mass is 9.94. The molecule has 1 aromatic rings. The summed E-state index contributed by atoms with van der Waals surface area (Å²) in [5.41, 5.74) is 4.89. The highest BCUT2D eigenvalue weighted by Crippen LogP contribution is 2.18. The Balaban J connectivity index is 3.31. The van der Waals surface area contributed by atoms with Gasteiger partial charge in [-0.15, -0.1) is 0 Å². The quantitative estimate of drug-likeness (QED) is 0.613. The zero-order chi connectivity index (χ0) is 15.0. The Kier molecular flexibility index (Phi) is 6.91. The van der Waals surface area contributed by atoms with Crippen LogP contribution in [0.2, 0.25) is 0 Å². The van der Waals surface area contributed by atoms with Crippen molar-refractivity contribution < 1.29 is 9.84 Å². The fourth-order valence-electron chi connectivity index (χ4n) is 2.02.